The van der Waals surface area contributed by atoms with Crippen LogP contribution in [-0.4, -0.2) is 29.0 Å². The van der Waals surface area contributed by atoms with Crippen molar-refractivity contribution in [1.82, 2.24) is 10.3 Å². The maximum absolute atomic E-state index is 12.2. The van der Waals surface area contributed by atoms with Crippen LogP contribution in [0.4, 0.5) is 0 Å². The first kappa shape index (κ1) is 19.3. The highest BCUT2D eigenvalue weighted by Crippen LogP contribution is 2.31. The molecule has 0 radical (unpaired) electrons. The molecular weight excluding hydrogens is 375 g/mol. The molecule has 132 valence electrons. The molecule has 1 N–H and O–H groups in total. The molecule has 0 aliphatic heterocycles. The van der Waals surface area contributed by atoms with Crippen LogP contribution < -0.4 is 5.32 Å². The van der Waals surface area contributed by atoms with Crippen molar-refractivity contribution in [1.29, 1.82) is 0 Å². The van der Waals surface area contributed by atoms with E-state index < -0.39 is 12.1 Å². The first-order valence-electron chi connectivity index (χ1n) is 7.82. The zero-order valence-electron chi connectivity index (χ0n) is 13.4. The van der Waals surface area contributed by atoms with Crippen LogP contribution in [0.25, 0.3) is 0 Å². The number of hydrogen-bond donors (Lipinski definition) is 1. The van der Waals surface area contributed by atoms with Gasteiger partial charge in [-0.05, 0) is 25.7 Å². The van der Waals surface area contributed by atoms with Crippen molar-refractivity contribution in [3.05, 3.63) is 27.0 Å². The van der Waals surface area contributed by atoms with Gasteiger partial charge in [0.15, 0.2) is 11.8 Å². The molecule has 0 unspecified atom stereocenters. The van der Waals surface area contributed by atoms with E-state index in [-0.39, 0.29) is 32.7 Å². The van der Waals surface area contributed by atoms with Crippen LogP contribution in [0.5, 0.6) is 0 Å². The topological polar surface area (TPSA) is 68.3 Å². The normalized spacial score (nSPS) is 21.9. The number of halogens is 3. The van der Waals surface area contributed by atoms with Crippen LogP contribution >= 0.6 is 34.8 Å². The molecule has 0 aromatic carbocycles. The molecule has 1 aliphatic carbocycles. The molecule has 0 bridgehead atoms. The van der Waals surface area contributed by atoms with Crippen molar-refractivity contribution >= 4 is 46.7 Å². The molecule has 1 aliphatic rings. The molecule has 24 heavy (non-hydrogen) atoms. The summed E-state index contributed by atoms with van der Waals surface area (Å²) in [5, 5.41) is 3.01. The second kappa shape index (κ2) is 8.37. The number of aromatic nitrogens is 1. The van der Waals surface area contributed by atoms with Crippen LogP contribution in [-0.2, 0) is 9.53 Å². The van der Waals surface area contributed by atoms with Gasteiger partial charge in [0.05, 0.1) is 15.1 Å². The number of rotatable bonds is 4. The number of esters is 1. The Kier molecular flexibility index (Phi) is 6.72. The molecule has 2 rings (SSSR count). The molecule has 1 aromatic heterocycles. The number of nitrogens with one attached hydrogen (secondary N) is 1. The van der Waals surface area contributed by atoms with Gasteiger partial charge in [-0.3, -0.25) is 4.79 Å². The van der Waals surface area contributed by atoms with Gasteiger partial charge in [0.1, 0.15) is 0 Å². The fourth-order valence-electron chi connectivity index (χ4n) is 2.69. The quantitative estimate of drug-likeness (QED) is 0.775. The molecule has 8 heteroatoms. The Balaban J connectivity index is 1.98. The summed E-state index contributed by atoms with van der Waals surface area (Å²) in [6.45, 7) is 3.62. The molecule has 3 atom stereocenters. The summed E-state index contributed by atoms with van der Waals surface area (Å²) in [6, 6.07) is 0.110. The summed E-state index contributed by atoms with van der Waals surface area (Å²) in [5.41, 5.74) is -0.170. The Labute approximate surface area is 156 Å². The fourth-order valence-corrected chi connectivity index (χ4v) is 3.24. The van der Waals surface area contributed by atoms with Crippen molar-refractivity contribution in [2.24, 2.45) is 5.92 Å². The molecule has 1 saturated carbocycles. The van der Waals surface area contributed by atoms with Crippen LogP contribution in [0, 0.1) is 5.92 Å². The summed E-state index contributed by atoms with van der Waals surface area (Å²) in [7, 11) is 0. The number of amides is 1. The lowest BCUT2D eigenvalue weighted by Crippen LogP contribution is -2.46. The SMILES string of the molecule is C[C@H](OC(=O)c1ncc(Cl)c(Cl)c1Cl)C(=O)N[C@@H]1CCCC[C@H]1C. The standard InChI is InChI=1S/C16H19Cl3N2O3/c1-8-5-3-4-6-11(8)21-15(22)9(2)24-16(23)14-13(19)12(18)10(17)7-20-14/h7-9,11H,3-6H2,1-2H3,(H,21,22)/t8-,9+,11-/m1/s1. The van der Waals surface area contributed by atoms with Crippen LogP contribution in [0.2, 0.25) is 15.1 Å². The minimum Gasteiger partial charge on any atom is -0.448 e. The van der Waals surface area contributed by atoms with E-state index in [0.717, 1.165) is 19.3 Å². The van der Waals surface area contributed by atoms with Crippen molar-refractivity contribution in [2.75, 3.05) is 0 Å². The maximum Gasteiger partial charge on any atom is 0.359 e. The van der Waals surface area contributed by atoms with Crippen molar-refractivity contribution in [3.63, 3.8) is 0 Å². The maximum atomic E-state index is 12.2. The Morgan fingerprint density at radius 3 is 2.58 bits per heavy atom. The highest BCUT2D eigenvalue weighted by Gasteiger charge is 2.27. The summed E-state index contributed by atoms with van der Waals surface area (Å²) < 4.78 is 5.15. The minimum atomic E-state index is -0.959. The van der Waals surface area contributed by atoms with Crippen molar-refractivity contribution in [2.45, 2.75) is 51.7 Å². The van der Waals surface area contributed by atoms with Crippen molar-refractivity contribution < 1.29 is 14.3 Å². The average Bonchev–Trinajstić information content (AvgIpc) is 2.54. The van der Waals surface area contributed by atoms with E-state index in [1.807, 2.05) is 0 Å². The largest absolute Gasteiger partial charge is 0.448 e. The smallest absolute Gasteiger partial charge is 0.359 e. The van der Waals surface area contributed by atoms with E-state index in [4.69, 9.17) is 39.5 Å². The van der Waals surface area contributed by atoms with E-state index in [2.05, 4.69) is 17.2 Å². The first-order chi connectivity index (χ1) is 11.3. The third-order valence-electron chi connectivity index (χ3n) is 4.20. The van der Waals surface area contributed by atoms with Gasteiger partial charge in [-0.15, -0.1) is 0 Å². The van der Waals surface area contributed by atoms with E-state index >= 15 is 0 Å². The van der Waals surface area contributed by atoms with Gasteiger partial charge in [0.25, 0.3) is 5.91 Å². The summed E-state index contributed by atoms with van der Waals surface area (Å²) in [5.74, 6) is -0.743. The van der Waals surface area contributed by atoms with Gasteiger partial charge in [0.2, 0.25) is 0 Å². The minimum absolute atomic E-state index is 0.0217. The van der Waals surface area contributed by atoms with E-state index in [9.17, 15) is 9.59 Å². The number of ether oxygens (including phenoxy) is 1. The van der Waals surface area contributed by atoms with Gasteiger partial charge in [-0.2, -0.15) is 0 Å². The van der Waals surface area contributed by atoms with Gasteiger partial charge < -0.3 is 10.1 Å². The highest BCUT2D eigenvalue weighted by atomic mass is 35.5. The van der Waals surface area contributed by atoms with Gasteiger partial charge >= 0.3 is 5.97 Å². The van der Waals surface area contributed by atoms with Crippen LogP contribution in [0.15, 0.2) is 6.20 Å². The fraction of sp³-hybridized carbons (Fsp3) is 0.562. The molecule has 0 spiro atoms. The Morgan fingerprint density at radius 1 is 1.25 bits per heavy atom. The Morgan fingerprint density at radius 2 is 1.92 bits per heavy atom. The monoisotopic (exact) mass is 392 g/mol. The molecule has 1 heterocycles. The summed E-state index contributed by atoms with van der Waals surface area (Å²) in [6.07, 6.45) is 4.54. The van der Waals surface area contributed by atoms with Crippen molar-refractivity contribution in [3.8, 4) is 0 Å². The molecular formula is C16H19Cl3N2O3. The number of carbonyl (C=O) groups is 2. The van der Waals surface area contributed by atoms with E-state index in [0.29, 0.717) is 5.92 Å². The number of nitrogens with zero attached hydrogens (tertiary/aromatic N) is 1. The van der Waals surface area contributed by atoms with Crippen LogP contribution in [0.3, 0.4) is 0 Å². The average molecular weight is 394 g/mol. The van der Waals surface area contributed by atoms with Gasteiger partial charge in [-0.25, -0.2) is 9.78 Å². The summed E-state index contributed by atoms with van der Waals surface area (Å²) >= 11 is 17.6. The molecule has 1 amide bonds. The van der Waals surface area contributed by atoms with E-state index in [1.54, 1.807) is 0 Å². The third kappa shape index (κ3) is 4.52. The molecule has 0 saturated heterocycles. The lowest BCUT2D eigenvalue weighted by molar-refractivity contribution is -0.130. The molecule has 1 fully saturated rings. The van der Waals surface area contributed by atoms with E-state index in [1.165, 1.54) is 19.5 Å². The molecule has 1 aromatic rings. The number of hydrogen-bond acceptors (Lipinski definition) is 4. The lowest BCUT2D eigenvalue weighted by Gasteiger charge is -2.30. The predicted molar refractivity (Wildman–Crippen MR) is 93.7 cm³/mol. The second-order valence-electron chi connectivity index (χ2n) is 6.01. The second-order valence-corrected chi connectivity index (χ2v) is 7.17. The Bertz CT molecular complexity index is 639. The lowest BCUT2D eigenvalue weighted by atomic mass is 9.86. The summed E-state index contributed by atoms with van der Waals surface area (Å²) in [4.78, 5) is 28.2. The van der Waals surface area contributed by atoms with Crippen LogP contribution in [0.1, 0.15) is 50.0 Å². The van der Waals surface area contributed by atoms with Gasteiger partial charge in [0, 0.05) is 12.2 Å². The molecule has 5 nitrogen and oxygen atoms in total. The third-order valence-corrected chi connectivity index (χ3v) is 5.44. The number of carbonyl (C=O) groups excluding carboxylic acids is 2. The highest BCUT2D eigenvalue weighted by molar-refractivity contribution is 6.48. The number of pyridine rings is 1. The predicted octanol–water partition coefficient (Wildman–Crippen LogP) is 4.28. The zero-order valence-corrected chi connectivity index (χ0v) is 15.7. The Hall–Kier alpha value is -1.04. The van der Waals surface area contributed by atoms with Gasteiger partial charge in [-0.1, -0.05) is 54.6 Å². The zero-order chi connectivity index (χ0) is 17.9. The first-order valence-corrected chi connectivity index (χ1v) is 8.95.